The van der Waals surface area contributed by atoms with Gasteiger partial charge in [0.1, 0.15) is 0 Å². The maximum atomic E-state index is 12.9. The summed E-state index contributed by atoms with van der Waals surface area (Å²) in [6, 6.07) is 13.0. The molecule has 0 radical (unpaired) electrons. The van der Waals surface area contributed by atoms with E-state index in [0.29, 0.717) is 24.2 Å². The molecule has 0 aliphatic carbocycles. The largest absolute Gasteiger partial charge is 0.345 e. The predicted octanol–water partition coefficient (Wildman–Crippen LogP) is 4.11. The van der Waals surface area contributed by atoms with Crippen LogP contribution in [-0.2, 0) is 10.0 Å². The van der Waals surface area contributed by atoms with Crippen molar-refractivity contribution >= 4 is 21.6 Å². The lowest BCUT2D eigenvalue weighted by Gasteiger charge is -2.28. The van der Waals surface area contributed by atoms with Crippen molar-refractivity contribution in [2.24, 2.45) is 0 Å². The molecule has 2 aromatic rings. The number of nitrogens with one attached hydrogen (secondary N) is 1. The Bertz CT molecular complexity index is 969. The van der Waals surface area contributed by atoms with Gasteiger partial charge in [-0.05, 0) is 68.0 Å². The van der Waals surface area contributed by atoms with E-state index in [1.165, 1.54) is 15.4 Å². The van der Waals surface area contributed by atoms with Gasteiger partial charge in [-0.25, -0.2) is 8.42 Å². The van der Waals surface area contributed by atoms with Gasteiger partial charge in [0.15, 0.2) is 0 Å². The summed E-state index contributed by atoms with van der Waals surface area (Å²) in [5.74, 6) is -0.0324. The van der Waals surface area contributed by atoms with Crippen LogP contribution in [0.4, 0.5) is 5.69 Å². The molecule has 1 aliphatic rings. The lowest BCUT2D eigenvalue weighted by Crippen LogP contribution is -2.38. The van der Waals surface area contributed by atoms with E-state index < -0.39 is 10.0 Å². The summed E-state index contributed by atoms with van der Waals surface area (Å²) >= 11 is 0. The van der Waals surface area contributed by atoms with E-state index in [2.05, 4.69) is 31.3 Å². The number of rotatable bonds is 5. The molecule has 1 fully saturated rings. The van der Waals surface area contributed by atoms with E-state index in [9.17, 15) is 13.2 Å². The third kappa shape index (κ3) is 4.38. The number of aryl methyl sites for hydroxylation is 2. The molecule has 3 rings (SSSR count). The third-order valence-electron chi connectivity index (χ3n) is 5.39. The quantitative estimate of drug-likeness (QED) is 0.821. The first-order valence-corrected chi connectivity index (χ1v) is 11.4. The minimum absolute atomic E-state index is 0.0887. The molecule has 2 aromatic carbocycles. The molecule has 1 aliphatic heterocycles. The Morgan fingerprint density at radius 1 is 1.11 bits per heavy atom. The summed E-state index contributed by atoms with van der Waals surface area (Å²) in [6.45, 7) is 6.64. The van der Waals surface area contributed by atoms with Gasteiger partial charge in [0.05, 0.1) is 17.5 Å². The van der Waals surface area contributed by atoms with Crippen molar-refractivity contribution < 1.29 is 13.2 Å². The zero-order chi connectivity index (χ0) is 20.3. The Morgan fingerprint density at radius 3 is 2.57 bits per heavy atom. The number of carbonyl (C=O) groups is 1. The Morgan fingerprint density at radius 2 is 1.89 bits per heavy atom. The number of hydrogen-bond acceptors (Lipinski definition) is 3. The van der Waals surface area contributed by atoms with Crippen LogP contribution in [0.5, 0.6) is 0 Å². The summed E-state index contributed by atoms with van der Waals surface area (Å²) in [6.07, 6.45) is 2.29. The normalized spacial score (nSPS) is 17.2. The van der Waals surface area contributed by atoms with Crippen LogP contribution < -0.4 is 9.62 Å². The minimum atomic E-state index is -3.30. The highest BCUT2D eigenvalue weighted by Crippen LogP contribution is 2.25. The zero-order valence-electron chi connectivity index (χ0n) is 16.7. The summed E-state index contributed by atoms with van der Waals surface area (Å²) < 4.78 is 26.1. The molecule has 0 spiro atoms. The molecular formula is C22H28N2O3S. The van der Waals surface area contributed by atoms with Crippen molar-refractivity contribution in [3.05, 3.63) is 64.7 Å². The van der Waals surface area contributed by atoms with Gasteiger partial charge in [0.25, 0.3) is 5.91 Å². The number of carbonyl (C=O) groups excluding carboxylic acids is 1. The number of benzene rings is 2. The molecule has 6 heteroatoms. The topological polar surface area (TPSA) is 66.5 Å². The molecule has 150 valence electrons. The van der Waals surface area contributed by atoms with Crippen molar-refractivity contribution in [2.75, 3.05) is 16.6 Å². The standard InChI is InChI=1S/C22H28N2O3S/c1-4-21(18-11-10-16(2)17(3)14-18)23-22(25)19-8-7-9-20(15-19)24-12-5-6-13-28(24,26)27/h7-11,14-15,21H,4-6,12-13H2,1-3H3,(H,23,25)/t21-/m0/s1. The minimum Gasteiger partial charge on any atom is -0.345 e. The van der Waals surface area contributed by atoms with Crippen LogP contribution >= 0.6 is 0 Å². The molecule has 0 aromatic heterocycles. The van der Waals surface area contributed by atoms with Crippen molar-refractivity contribution in [1.29, 1.82) is 0 Å². The summed E-state index contributed by atoms with van der Waals surface area (Å²) in [5, 5.41) is 3.09. The molecule has 1 N–H and O–H groups in total. The SMILES string of the molecule is CC[C@H](NC(=O)c1cccc(N2CCCCS2(=O)=O)c1)c1ccc(C)c(C)c1. The van der Waals surface area contributed by atoms with Crippen LogP contribution in [0.1, 0.15) is 59.3 Å². The molecule has 1 atom stereocenters. The fourth-order valence-corrected chi connectivity index (χ4v) is 5.16. The van der Waals surface area contributed by atoms with Gasteiger partial charge in [-0.1, -0.05) is 31.2 Å². The molecule has 1 amide bonds. The summed E-state index contributed by atoms with van der Waals surface area (Å²) in [5.41, 5.74) is 4.53. The second kappa shape index (κ2) is 8.35. The van der Waals surface area contributed by atoms with Gasteiger partial charge in [-0.3, -0.25) is 9.10 Å². The Hall–Kier alpha value is -2.34. The third-order valence-corrected chi connectivity index (χ3v) is 7.26. The van der Waals surface area contributed by atoms with E-state index in [0.717, 1.165) is 18.4 Å². The maximum absolute atomic E-state index is 12.9. The Labute approximate surface area is 167 Å². The van der Waals surface area contributed by atoms with Crippen LogP contribution in [0.3, 0.4) is 0 Å². The number of amides is 1. The van der Waals surface area contributed by atoms with Gasteiger partial charge >= 0.3 is 0 Å². The van der Waals surface area contributed by atoms with E-state index in [-0.39, 0.29) is 17.7 Å². The second-order valence-corrected chi connectivity index (χ2v) is 9.44. The van der Waals surface area contributed by atoms with E-state index in [1.54, 1.807) is 24.3 Å². The second-order valence-electron chi connectivity index (χ2n) is 7.42. The molecule has 0 saturated carbocycles. The monoisotopic (exact) mass is 400 g/mol. The molecule has 0 unspecified atom stereocenters. The lowest BCUT2D eigenvalue weighted by atomic mass is 9.99. The molecule has 0 bridgehead atoms. The van der Waals surface area contributed by atoms with E-state index in [4.69, 9.17) is 0 Å². The number of sulfonamides is 1. The molecular weight excluding hydrogens is 372 g/mol. The molecule has 1 heterocycles. The number of anilines is 1. The Balaban J connectivity index is 1.81. The number of nitrogens with zero attached hydrogens (tertiary/aromatic N) is 1. The van der Waals surface area contributed by atoms with Crippen LogP contribution in [0, 0.1) is 13.8 Å². The average Bonchev–Trinajstić information content (AvgIpc) is 2.68. The first-order valence-electron chi connectivity index (χ1n) is 9.80. The lowest BCUT2D eigenvalue weighted by molar-refractivity contribution is 0.0935. The fraction of sp³-hybridized carbons (Fsp3) is 0.409. The maximum Gasteiger partial charge on any atom is 0.251 e. The van der Waals surface area contributed by atoms with Gasteiger partial charge in [-0.2, -0.15) is 0 Å². The van der Waals surface area contributed by atoms with Gasteiger partial charge in [0.2, 0.25) is 10.0 Å². The predicted molar refractivity (Wildman–Crippen MR) is 113 cm³/mol. The number of hydrogen-bond donors (Lipinski definition) is 1. The van der Waals surface area contributed by atoms with E-state index >= 15 is 0 Å². The fourth-order valence-electron chi connectivity index (χ4n) is 3.53. The van der Waals surface area contributed by atoms with Gasteiger partial charge in [0, 0.05) is 12.1 Å². The van der Waals surface area contributed by atoms with Crippen molar-refractivity contribution in [1.82, 2.24) is 5.32 Å². The van der Waals surface area contributed by atoms with Crippen LogP contribution in [0.25, 0.3) is 0 Å². The van der Waals surface area contributed by atoms with Crippen molar-refractivity contribution in [2.45, 2.75) is 46.1 Å². The molecule has 28 heavy (non-hydrogen) atoms. The molecule has 5 nitrogen and oxygen atoms in total. The molecule has 1 saturated heterocycles. The van der Waals surface area contributed by atoms with Crippen molar-refractivity contribution in [3.8, 4) is 0 Å². The van der Waals surface area contributed by atoms with Crippen molar-refractivity contribution in [3.63, 3.8) is 0 Å². The highest BCUT2D eigenvalue weighted by atomic mass is 32.2. The first-order chi connectivity index (χ1) is 13.3. The van der Waals surface area contributed by atoms with E-state index in [1.807, 2.05) is 13.0 Å². The van der Waals surface area contributed by atoms with Gasteiger partial charge in [-0.15, -0.1) is 0 Å². The van der Waals surface area contributed by atoms with Crippen LogP contribution in [0.2, 0.25) is 0 Å². The average molecular weight is 401 g/mol. The van der Waals surface area contributed by atoms with Crippen LogP contribution in [0.15, 0.2) is 42.5 Å². The smallest absolute Gasteiger partial charge is 0.251 e. The highest BCUT2D eigenvalue weighted by molar-refractivity contribution is 7.92. The highest BCUT2D eigenvalue weighted by Gasteiger charge is 2.26. The summed E-state index contributed by atoms with van der Waals surface area (Å²) in [7, 11) is -3.30. The zero-order valence-corrected chi connectivity index (χ0v) is 17.6. The van der Waals surface area contributed by atoms with Crippen LogP contribution in [-0.4, -0.2) is 26.6 Å². The Kier molecular flexibility index (Phi) is 6.08. The summed E-state index contributed by atoms with van der Waals surface area (Å²) in [4.78, 5) is 12.9. The van der Waals surface area contributed by atoms with Gasteiger partial charge < -0.3 is 5.32 Å². The first kappa shape index (κ1) is 20.4.